The number of carbonyl (C=O) groups is 1. The van der Waals surface area contributed by atoms with Gasteiger partial charge in [0.25, 0.3) is 5.91 Å². The molecule has 0 fully saturated rings. The van der Waals surface area contributed by atoms with Gasteiger partial charge in [0.1, 0.15) is 5.82 Å². The van der Waals surface area contributed by atoms with E-state index >= 15 is 0 Å². The second kappa shape index (κ2) is 6.99. The topological polar surface area (TPSA) is 38.1 Å². The maximum atomic E-state index is 13.9. The highest BCUT2D eigenvalue weighted by Crippen LogP contribution is 2.28. The second-order valence-electron chi connectivity index (χ2n) is 7.02. The highest BCUT2D eigenvalue weighted by molar-refractivity contribution is 5.94. The molecule has 0 N–H and O–H groups in total. The zero-order chi connectivity index (χ0) is 19.0. The number of amides is 1. The van der Waals surface area contributed by atoms with Crippen LogP contribution in [0.4, 0.5) is 4.39 Å². The van der Waals surface area contributed by atoms with Gasteiger partial charge in [-0.25, -0.2) is 4.39 Å². The van der Waals surface area contributed by atoms with Crippen molar-refractivity contribution in [3.05, 3.63) is 76.7 Å². The summed E-state index contributed by atoms with van der Waals surface area (Å²) in [6.45, 7) is 2.91. The third-order valence-corrected chi connectivity index (χ3v) is 5.28. The van der Waals surface area contributed by atoms with Gasteiger partial charge in [-0.15, -0.1) is 0 Å². The first-order chi connectivity index (χ1) is 13.0. The van der Waals surface area contributed by atoms with Crippen LogP contribution in [0.3, 0.4) is 0 Å². The van der Waals surface area contributed by atoms with E-state index in [1.54, 1.807) is 19.1 Å². The minimum atomic E-state index is -0.338. The summed E-state index contributed by atoms with van der Waals surface area (Å²) in [5, 5.41) is 4.72. The fraction of sp³-hybridized carbons (Fsp3) is 0.273. The monoisotopic (exact) mass is 363 g/mol. The van der Waals surface area contributed by atoms with Gasteiger partial charge in [0.05, 0.1) is 5.69 Å². The van der Waals surface area contributed by atoms with Crippen molar-refractivity contribution in [2.45, 2.75) is 19.8 Å². The van der Waals surface area contributed by atoms with Crippen LogP contribution < -0.4 is 0 Å². The van der Waals surface area contributed by atoms with Crippen molar-refractivity contribution in [1.29, 1.82) is 0 Å². The Bertz CT molecular complexity index is 994. The van der Waals surface area contributed by atoms with Gasteiger partial charge in [-0.05, 0) is 31.0 Å². The molecule has 3 aromatic rings. The summed E-state index contributed by atoms with van der Waals surface area (Å²) < 4.78 is 15.8. The van der Waals surface area contributed by atoms with E-state index in [1.165, 1.54) is 17.3 Å². The molecule has 0 saturated heterocycles. The largest absolute Gasteiger partial charge is 0.338 e. The van der Waals surface area contributed by atoms with Crippen LogP contribution in [-0.4, -0.2) is 33.7 Å². The summed E-state index contributed by atoms with van der Waals surface area (Å²) in [5.74, 6) is -0.453. The molecule has 0 atom stereocenters. The number of aromatic nitrogens is 2. The normalized spacial score (nSPS) is 14.0. The van der Waals surface area contributed by atoms with Crippen molar-refractivity contribution in [2.24, 2.45) is 7.05 Å². The van der Waals surface area contributed by atoms with E-state index in [0.29, 0.717) is 24.2 Å². The Kier molecular flexibility index (Phi) is 4.52. The SMILES string of the molecule is Cc1ccc(C(=O)N2CCc3c(-c4ccccc4)nn(C)c3CC2)cc1F. The number of fused-ring (bicyclic) bond motifs is 1. The van der Waals surface area contributed by atoms with E-state index in [-0.39, 0.29) is 11.7 Å². The Labute approximate surface area is 158 Å². The number of hydrogen-bond acceptors (Lipinski definition) is 2. The van der Waals surface area contributed by atoms with Crippen LogP contribution in [0.2, 0.25) is 0 Å². The van der Waals surface area contributed by atoms with E-state index in [4.69, 9.17) is 5.10 Å². The van der Waals surface area contributed by atoms with Crippen LogP contribution in [-0.2, 0) is 19.9 Å². The van der Waals surface area contributed by atoms with E-state index in [0.717, 1.165) is 24.1 Å². The molecule has 0 aliphatic carbocycles. The van der Waals surface area contributed by atoms with Crippen LogP contribution in [0, 0.1) is 12.7 Å². The van der Waals surface area contributed by atoms with Gasteiger partial charge >= 0.3 is 0 Å². The molecular weight excluding hydrogens is 341 g/mol. The van der Waals surface area contributed by atoms with Gasteiger partial charge in [0, 0.05) is 48.9 Å². The lowest BCUT2D eigenvalue weighted by atomic mass is 10.0. The zero-order valence-corrected chi connectivity index (χ0v) is 15.6. The predicted octanol–water partition coefficient (Wildman–Crippen LogP) is 3.78. The molecule has 0 radical (unpaired) electrons. The first-order valence-corrected chi connectivity index (χ1v) is 9.20. The molecule has 0 unspecified atom stereocenters. The van der Waals surface area contributed by atoms with Gasteiger partial charge in [-0.3, -0.25) is 9.48 Å². The molecule has 1 amide bonds. The highest BCUT2D eigenvalue weighted by atomic mass is 19.1. The molecule has 0 saturated carbocycles. The van der Waals surface area contributed by atoms with Crippen LogP contribution in [0.25, 0.3) is 11.3 Å². The lowest BCUT2D eigenvalue weighted by molar-refractivity contribution is 0.0762. The number of carbonyl (C=O) groups excluding carboxylic acids is 1. The molecule has 1 aromatic heterocycles. The maximum Gasteiger partial charge on any atom is 0.253 e. The quantitative estimate of drug-likeness (QED) is 0.695. The van der Waals surface area contributed by atoms with Gasteiger partial charge in [-0.1, -0.05) is 36.4 Å². The molecule has 1 aliphatic heterocycles. The lowest BCUT2D eigenvalue weighted by Crippen LogP contribution is -2.33. The molecule has 4 nitrogen and oxygen atoms in total. The van der Waals surface area contributed by atoms with Crippen LogP contribution in [0.1, 0.15) is 27.2 Å². The first-order valence-electron chi connectivity index (χ1n) is 9.20. The van der Waals surface area contributed by atoms with Crippen LogP contribution >= 0.6 is 0 Å². The standard InChI is InChI=1S/C22H22FN3O/c1-15-8-9-17(14-19(15)23)22(27)26-12-10-18-20(11-13-26)25(2)24-21(18)16-6-4-3-5-7-16/h3-9,14H,10-13H2,1-2H3. The van der Waals surface area contributed by atoms with E-state index < -0.39 is 0 Å². The molecule has 5 heteroatoms. The number of benzene rings is 2. The maximum absolute atomic E-state index is 13.9. The number of aryl methyl sites for hydroxylation is 2. The summed E-state index contributed by atoms with van der Waals surface area (Å²) in [5.41, 5.74) is 5.41. The van der Waals surface area contributed by atoms with Crippen LogP contribution in [0.5, 0.6) is 0 Å². The Balaban J connectivity index is 1.60. The molecule has 2 heterocycles. The molecular formula is C22H22FN3O. The minimum absolute atomic E-state index is 0.115. The van der Waals surface area contributed by atoms with E-state index in [2.05, 4.69) is 12.1 Å². The van der Waals surface area contributed by atoms with Crippen molar-refractivity contribution >= 4 is 5.91 Å². The predicted molar refractivity (Wildman–Crippen MR) is 103 cm³/mol. The van der Waals surface area contributed by atoms with Crippen molar-refractivity contribution in [2.75, 3.05) is 13.1 Å². The Morgan fingerprint density at radius 3 is 2.56 bits per heavy atom. The Morgan fingerprint density at radius 2 is 1.81 bits per heavy atom. The van der Waals surface area contributed by atoms with Crippen LogP contribution in [0.15, 0.2) is 48.5 Å². The fourth-order valence-corrected chi connectivity index (χ4v) is 3.72. The zero-order valence-electron chi connectivity index (χ0n) is 15.6. The second-order valence-corrected chi connectivity index (χ2v) is 7.02. The summed E-state index contributed by atoms with van der Waals surface area (Å²) in [6.07, 6.45) is 1.49. The smallest absolute Gasteiger partial charge is 0.253 e. The molecule has 0 bridgehead atoms. The van der Waals surface area contributed by atoms with Gasteiger partial charge in [0.15, 0.2) is 0 Å². The Hall–Kier alpha value is -2.95. The number of nitrogens with zero attached hydrogens (tertiary/aromatic N) is 3. The van der Waals surface area contributed by atoms with E-state index in [1.807, 2.05) is 34.8 Å². The lowest BCUT2D eigenvalue weighted by Gasteiger charge is -2.20. The number of rotatable bonds is 2. The molecule has 1 aliphatic rings. The van der Waals surface area contributed by atoms with Gasteiger partial charge in [-0.2, -0.15) is 5.10 Å². The molecule has 2 aromatic carbocycles. The Morgan fingerprint density at radius 1 is 1.07 bits per heavy atom. The number of halogens is 1. The first kappa shape index (κ1) is 17.5. The average Bonchev–Trinajstić information content (AvgIpc) is 2.86. The minimum Gasteiger partial charge on any atom is -0.338 e. The van der Waals surface area contributed by atoms with Gasteiger partial charge < -0.3 is 4.90 Å². The van der Waals surface area contributed by atoms with Crippen molar-refractivity contribution in [3.63, 3.8) is 0 Å². The molecule has 0 spiro atoms. The fourth-order valence-electron chi connectivity index (χ4n) is 3.72. The summed E-state index contributed by atoms with van der Waals surface area (Å²) >= 11 is 0. The third kappa shape index (κ3) is 3.25. The van der Waals surface area contributed by atoms with Crippen molar-refractivity contribution in [3.8, 4) is 11.3 Å². The molecule has 27 heavy (non-hydrogen) atoms. The van der Waals surface area contributed by atoms with Crippen molar-refractivity contribution in [1.82, 2.24) is 14.7 Å². The van der Waals surface area contributed by atoms with Crippen molar-refractivity contribution < 1.29 is 9.18 Å². The van der Waals surface area contributed by atoms with Gasteiger partial charge in [0.2, 0.25) is 0 Å². The molecule has 4 rings (SSSR count). The molecule has 138 valence electrons. The summed E-state index contributed by atoms with van der Waals surface area (Å²) in [6, 6.07) is 14.8. The average molecular weight is 363 g/mol. The highest BCUT2D eigenvalue weighted by Gasteiger charge is 2.25. The van der Waals surface area contributed by atoms with E-state index in [9.17, 15) is 9.18 Å². The third-order valence-electron chi connectivity index (χ3n) is 5.28. The summed E-state index contributed by atoms with van der Waals surface area (Å²) in [7, 11) is 1.96. The summed E-state index contributed by atoms with van der Waals surface area (Å²) in [4.78, 5) is 14.7. The number of hydrogen-bond donors (Lipinski definition) is 0.